The molecule has 1 atom stereocenters. The van der Waals surface area contributed by atoms with Gasteiger partial charge in [-0.3, -0.25) is 0 Å². The van der Waals surface area contributed by atoms with E-state index in [-0.39, 0.29) is 13.1 Å². The van der Waals surface area contributed by atoms with E-state index in [1.54, 1.807) is 41.5 Å². The first-order valence-corrected chi connectivity index (χ1v) is 9.39. The quantitative estimate of drug-likeness (QED) is 0.360. The van der Waals surface area contributed by atoms with Gasteiger partial charge in [-0.25, -0.2) is 17.9 Å². The molecule has 1 unspecified atom stereocenters. The fourth-order valence-electron chi connectivity index (χ4n) is 1.52. The summed E-state index contributed by atoms with van der Waals surface area (Å²) in [5, 5.41) is 12.1. The van der Waals surface area contributed by atoms with Gasteiger partial charge >= 0.3 is 12.2 Å². The third-order valence-corrected chi connectivity index (χ3v) is 2.94. The van der Waals surface area contributed by atoms with Crippen molar-refractivity contribution in [2.24, 2.45) is 0 Å². The van der Waals surface area contributed by atoms with Gasteiger partial charge in [-0.15, -0.1) is 0 Å². The topological polar surface area (TPSA) is 128 Å². The van der Waals surface area contributed by atoms with Gasteiger partial charge in [0.05, 0.1) is 12.3 Å². The number of hydrogen-bond donors (Lipinski definition) is 4. The molecular weight excluding hydrogens is 338 g/mol. The number of rotatable bonds is 6. The Balaban J connectivity index is 4.76. The van der Waals surface area contributed by atoms with Crippen molar-refractivity contribution in [1.29, 1.82) is 0 Å². The van der Waals surface area contributed by atoms with Gasteiger partial charge in [-0.1, -0.05) is 0 Å². The zero-order valence-electron chi connectivity index (χ0n) is 15.4. The smallest absolute Gasteiger partial charge is 0.444 e. The monoisotopic (exact) mass is 368 g/mol. The van der Waals surface area contributed by atoms with Gasteiger partial charge < -0.3 is 19.9 Å². The molecule has 0 fully saturated rings. The molecule has 0 saturated heterocycles. The minimum atomic E-state index is -3.50. The summed E-state index contributed by atoms with van der Waals surface area (Å²) in [6.07, 6.45) is -0.0927. The molecule has 0 aliphatic rings. The van der Waals surface area contributed by atoms with Crippen molar-refractivity contribution >= 4 is 22.2 Å². The predicted octanol–water partition coefficient (Wildman–Crippen LogP) is -0.761. The molecular formula is C14H30N3O6S+. The SMILES string of the molecule is CC(C)(C)OC(=O)NCC(C[NH+]=C(O)OC(C)(C)C)NS(C)(=O)=O. The third kappa shape index (κ3) is 14.1. The van der Waals surface area contributed by atoms with E-state index in [9.17, 15) is 18.3 Å². The van der Waals surface area contributed by atoms with Crippen molar-refractivity contribution in [2.45, 2.75) is 58.8 Å². The van der Waals surface area contributed by atoms with Crippen LogP contribution in [0.25, 0.3) is 0 Å². The molecule has 24 heavy (non-hydrogen) atoms. The molecule has 0 aromatic rings. The van der Waals surface area contributed by atoms with Gasteiger partial charge in [0.15, 0.2) is 6.54 Å². The van der Waals surface area contributed by atoms with Crippen LogP contribution in [0.15, 0.2) is 0 Å². The van der Waals surface area contributed by atoms with Gasteiger partial charge in [0.2, 0.25) is 10.0 Å². The molecule has 1 amide bonds. The first-order chi connectivity index (χ1) is 10.6. The zero-order chi connectivity index (χ0) is 19.2. The molecule has 0 aromatic heterocycles. The lowest BCUT2D eigenvalue weighted by atomic mass is 10.2. The number of carbonyl (C=O) groups excluding carboxylic acids is 1. The van der Waals surface area contributed by atoms with E-state index in [0.29, 0.717) is 0 Å². The molecule has 0 aliphatic heterocycles. The largest absolute Gasteiger partial charge is 0.545 e. The van der Waals surface area contributed by atoms with Crippen LogP contribution in [-0.2, 0) is 19.5 Å². The highest BCUT2D eigenvalue weighted by Gasteiger charge is 2.23. The van der Waals surface area contributed by atoms with Crippen molar-refractivity contribution in [3.8, 4) is 0 Å². The number of alkyl carbamates (subject to hydrolysis) is 1. The second-order valence-electron chi connectivity index (χ2n) is 7.37. The Morgan fingerprint density at radius 3 is 2.04 bits per heavy atom. The Kier molecular flexibility index (Phi) is 7.97. The Morgan fingerprint density at radius 2 is 1.62 bits per heavy atom. The minimum absolute atomic E-state index is 0.00474. The van der Waals surface area contributed by atoms with Crippen molar-refractivity contribution in [1.82, 2.24) is 10.0 Å². The second-order valence-corrected chi connectivity index (χ2v) is 9.15. The average Bonchev–Trinajstić information content (AvgIpc) is 2.26. The highest BCUT2D eigenvalue weighted by molar-refractivity contribution is 7.88. The van der Waals surface area contributed by atoms with E-state index in [2.05, 4.69) is 15.0 Å². The molecule has 0 aromatic carbocycles. The molecule has 0 radical (unpaired) electrons. The van der Waals surface area contributed by atoms with Crippen LogP contribution in [0, 0.1) is 0 Å². The number of hydrogen-bond acceptors (Lipinski definition) is 5. The number of carbonyl (C=O) groups is 1. The summed E-state index contributed by atoms with van der Waals surface area (Å²) < 4.78 is 35.4. The van der Waals surface area contributed by atoms with Crippen molar-refractivity contribution in [3.63, 3.8) is 0 Å². The third-order valence-electron chi connectivity index (χ3n) is 2.17. The lowest BCUT2D eigenvalue weighted by Crippen LogP contribution is -2.79. The van der Waals surface area contributed by atoms with Crippen molar-refractivity contribution < 1.29 is 32.8 Å². The van der Waals surface area contributed by atoms with E-state index in [1.165, 1.54) is 0 Å². The Labute approximate surface area is 143 Å². The Bertz CT molecular complexity index is 546. The van der Waals surface area contributed by atoms with Crippen molar-refractivity contribution in [2.75, 3.05) is 19.3 Å². The van der Waals surface area contributed by atoms with Crippen LogP contribution >= 0.6 is 0 Å². The van der Waals surface area contributed by atoms with E-state index in [1.807, 2.05) is 0 Å². The van der Waals surface area contributed by atoms with Crippen LogP contribution in [0.3, 0.4) is 0 Å². The maximum absolute atomic E-state index is 11.6. The Hall–Kier alpha value is -1.55. The van der Waals surface area contributed by atoms with Crippen LogP contribution < -0.4 is 15.0 Å². The van der Waals surface area contributed by atoms with Crippen LogP contribution in [0.1, 0.15) is 41.5 Å². The minimum Gasteiger partial charge on any atom is -0.444 e. The van der Waals surface area contributed by atoms with Gasteiger partial charge in [-0.05, 0) is 41.5 Å². The fourth-order valence-corrected chi connectivity index (χ4v) is 2.29. The predicted molar refractivity (Wildman–Crippen MR) is 90.3 cm³/mol. The molecule has 0 saturated carbocycles. The fraction of sp³-hybridized carbons (Fsp3) is 0.857. The summed E-state index contributed by atoms with van der Waals surface area (Å²) >= 11 is 0. The lowest BCUT2D eigenvalue weighted by molar-refractivity contribution is -0.483. The molecule has 142 valence electrons. The summed E-state index contributed by atoms with van der Waals surface area (Å²) in [5.41, 5.74) is -1.26. The number of aliphatic hydroxyl groups excluding tert-OH is 1. The first-order valence-electron chi connectivity index (χ1n) is 7.50. The summed E-state index contributed by atoms with van der Waals surface area (Å²) in [5.74, 6) is 0. The highest BCUT2D eigenvalue weighted by atomic mass is 32.2. The lowest BCUT2D eigenvalue weighted by Gasteiger charge is -2.21. The van der Waals surface area contributed by atoms with Crippen LogP contribution in [-0.4, -0.2) is 62.3 Å². The normalized spacial score (nSPS) is 14.9. The number of sulfonamides is 1. The van der Waals surface area contributed by atoms with Gasteiger partial charge in [0.25, 0.3) is 0 Å². The molecule has 0 spiro atoms. The number of nitrogens with one attached hydrogen (secondary N) is 3. The highest BCUT2D eigenvalue weighted by Crippen LogP contribution is 2.06. The number of ether oxygens (including phenoxy) is 2. The molecule has 0 aliphatic carbocycles. The first kappa shape index (κ1) is 22.4. The Morgan fingerprint density at radius 1 is 1.12 bits per heavy atom. The van der Waals surface area contributed by atoms with Gasteiger partial charge in [-0.2, -0.15) is 4.99 Å². The number of aliphatic hydroxyl groups is 1. The number of amides is 1. The average molecular weight is 368 g/mol. The van der Waals surface area contributed by atoms with E-state index in [4.69, 9.17) is 9.47 Å². The second kappa shape index (κ2) is 8.52. The van der Waals surface area contributed by atoms with Gasteiger partial charge in [0.1, 0.15) is 11.2 Å². The summed E-state index contributed by atoms with van der Waals surface area (Å²) in [7, 11) is -3.50. The molecule has 0 rings (SSSR count). The zero-order valence-corrected chi connectivity index (χ0v) is 16.2. The van der Waals surface area contributed by atoms with Crippen LogP contribution in [0.2, 0.25) is 0 Å². The van der Waals surface area contributed by atoms with Crippen LogP contribution in [0.4, 0.5) is 4.79 Å². The van der Waals surface area contributed by atoms with E-state index in [0.717, 1.165) is 6.26 Å². The van der Waals surface area contributed by atoms with Crippen molar-refractivity contribution in [3.05, 3.63) is 0 Å². The molecule has 0 bridgehead atoms. The summed E-state index contributed by atoms with van der Waals surface area (Å²) in [6.45, 7) is 10.4. The molecule has 0 heterocycles. The summed E-state index contributed by atoms with van der Waals surface area (Å²) in [6, 6.07) is -0.710. The molecule has 9 nitrogen and oxygen atoms in total. The summed E-state index contributed by atoms with van der Waals surface area (Å²) in [4.78, 5) is 14.2. The molecule has 4 N–H and O–H groups in total. The maximum atomic E-state index is 11.6. The van der Waals surface area contributed by atoms with E-state index >= 15 is 0 Å². The van der Waals surface area contributed by atoms with E-state index < -0.39 is 39.4 Å². The van der Waals surface area contributed by atoms with Gasteiger partial charge in [0, 0.05) is 6.54 Å². The standard InChI is InChI=1S/C14H29N3O6S/c1-13(2,3)22-11(18)15-8-10(17-24(7,20)21)9-16-12(19)23-14(4,5)6/h10,17H,8-9H2,1-7H3,(H,15,18)(H,16,19)/p+1. The maximum Gasteiger partial charge on any atom is 0.545 e. The molecule has 10 heteroatoms. The van der Waals surface area contributed by atoms with Crippen LogP contribution in [0.5, 0.6) is 0 Å².